The predicted octanol–water partition coefficient (Wildman–Crippen LogP) is 3.14. The van der Waals surface area contributed by atoms with Gasteiger partial charge in [0.2, 0.25) is 0 Å². The van der Waals surface area contributed by atoms with Gasteiger partial charge in [0.15, 0.2) is 0 Å². The molecule has 2 aromatic carbocycles. The Morgan fingerprint density at radius 2 is 1.75 bits per heavy atom. The standard InChI is InChI=1S/C20H16BrN3O4/c1-23-15-10-24(14-8-4-12(5-9-14)19(26)27)18(25)16(15)17(22-20(23)28)11-2-6-13(21)7-3-11/h2-9,17H,10H2,1H3,(H,22,28)(H,26,27). The van der Waals surface area contributed by atoms with Crippen molar-refractivity contribution in [1.29, 1.82) is 0 Å². The van der Waals surface area contributed by atoms with Crippen LogP contribution in [0, 0.1) is 0 Å². The third-order valence-electron chi connectivity index (χ3n) is 4.99. The van der Waals surface area contributed by atoms with Crippen LogP contribution in [0.5, 0.6) is 0 Å². The summed E-state index contributed by atoms with van der Waals surface area (Å²) in [7, 11) is 1.63. The Hall–Kier alpha value is -3.13. The average molecular weight is 442 g/mol. The second-order valence-corrected chi connectivity index (χ2v) is 7.51. The van der Waals surface area contributed by atoms with E-state index in [9.17, 15) is 14.4 Å². The van der Waals surface area contributed by atoms with Crippen molar-refractivity contribution in [2.75, 3.05) is 18.5 Å². The fraction of sp³-hybridized carbons (Fsp3) is 0.150. The Balaban J connectivity index is 1.71. The quantitative estimate of drug-likeness (QED) is 0.765. The van der Waals surface area contributed by atoms with Crippen molar-refractivity contribution in [2.24, 2.45) is 0 Å². The monoisotopic (exact) mass is 441 g/mol. The van der Waals surface area contributed by atoms with E-state index in [0.717, 1.165) is 10.0 Å². The molecule has 0 saturated carbocycles. The maximum absolute atomic E-state index is 13.2. The molecule has 2 aromatic rings. The zero-order chi connectivity index (χ0) is 20.0. The molecule has 4 rings (SSSR count). The maximum Gasteiger partial charge on any atom is 0.335 e. The molecule has 2 aliphatic heterocycles. The van der Waals surface area contributed by atoms with E-state index in [0.29, 0.717) is 17.0 Å². The first-order chi connectivity index (χ1) is 13.4. The predicted molar refractivity (Wildman–Crippen MR) is 106 cm³/mol. The van der Waals surface area contributed by atoms with Crippen LogP contribution in [0.3, 0.4) is 0 Å². The summed E-state index contributed by atoms with van der Waals surface area (Å²) >= 11 is 3.39. The normalized spacial score (nSPS) is 19.0. The second-order valence-electron chi connectivity index (χ2n) is 6.60. The number of anilines is 1. The van der Waals surface area contributed by atoms with Gasteiger partial charge in [-0.3, -0.25) is 9.69 Å². The van der Waals surface area contributed by atoms with E-state index in [1.165, 1.54) is 17.0 Å². The molecular weight excluding hydrogens is 426 g/mol. The van der Waals surface area contributed by atoms with Crippen LogP contribution >= 0.6 is 15.9 Å². The largest absolute Gasteiger partial charge is 0.478 e. The number of aromatic carboxylic acids is 1. The Bertz CT molecular complexity index is 1010. The highest BCUT2D eigenvalue weighted by Crippen LogP contribution is 2.37. The molecule has 2 heterocycles. The third kappa shape index (κ3) is 2.95. The fourth-order valence-electron chi connectivity index (χ4n) is 3.47. The third-order valence-corrected chi connectivity index (χ3v) is 5.52. The van der Waals surface area contributed by atoms with Gasteiger partial charge >= 0.3 is 12.0 Å². The first kappa shape index (κ1) is 18.2. The molecule has 8 heteroatoms. The number of likely N-dealkylation sites (N-methyl/N-ethyl adjacent to an activating group) is 1. The number of nitrogens with one attached hydrogen (secondary N) is 1. The van der Waals surface area contributed by atoms with Crippen LogP contribution in [-0.2, 0) is 4.79 Å². The summed E-state index contributed by atoms with van der Waals surface area (Å²) in [6.07, 6.45) is 0. The van der Waals surface area contributed by atoms with Crippen LogP contribution in [0.4, 0.5) is 10.5 Å². The van der Waals surface area contributed by atoms with Crippen LogP contribution in [0.25, 0.3) is 0 Å². The van der Waals surface area contributed by atoms with Gasteiger partial charge in [-0.2, -0.15) is 0 Å². The summed E-state index contributed by atoms with van der Waals surface area (Å²) < 4.78 is 0.905. The molecule has 0 aliphatic carbocycles. The number of hydrogen-bond donors (Lipinski definition) is 2. The van der Waals surface area contributed by atoms with Crippen molar-refractivity contribution in [2.45, 2.75) is 6.04 Å². The highest BCUT2D eigenvalue weighted by molar-refractivity contribution is 9.10. The number of rotatable bonds is 3. The highest BCUT2D eigenvalue weighted by Gasteiger charge is 2.43. The van der Waals surface area contributed by atoms with Crippen LogP contribution in [0.1, 0.15) is 22.0 Å². The molecule has 3 amide bonds. The molecule has 28 heavy (non-hydrogen) atoms. The minimum absolute atomic E-state index is 0.148. The van der Waals surface area contributed by atoms with Crippen LogP contribution < -0.4 is 10.2 Å². The average Bonchev–Trinajstić information content (AvgIpc) is 3.03. The molecule has 7 nitrogen and oxygen atoms in total. The van der Waals surface area contributed by atoms with Gasteiger partial charge in [0.05, 0.1) is 29.4 Å². The Labute approximate surface area is 169 Å². The molecule has 1 unspecified atom stereocenters. The Morgan fingerprint density at radius 3 is 2.36 bits per heavy atom. The first-order valence-electron chi connectivity index (χ1n) is 8.55. The van der Waals surface area contributed by atoms with Gasteiger partial charge < -0.3 is 15.3 Å². The van der Waals surface area contributed by atoms with Gasteiger partial charge in [0.25, 0.3) is 5.91 Å². The van der Waals surface area contributed by atoms with E-state index in [1.54, 1.807) is 24.1 Å². The number of amides is 3. The van der Waals surface area contributed by atoms with Gasteiger partial charge in [-0.25, -0.2) is 9.59 Å². The van der Waals surface area contributed by atoms with Gasteiger partial charge in [-0.15, -0.1) is 0 Å². The lowest BCUT2D eigenvalue weighted by Gasteiger charge is -2.31. The number of hydrogen-bond acceptors (Lipinski definition) is 3. The van der Waals surface area contributed by atoms with Crippen molar-refractivity contribution in [3.8, 4) is 0 Å². The summed E-state index contributed by atoms with van der Waals surface area (Å²) in [4.78, 5) is 39.7. The number of urea groups is 1. The number of halogens is 1. The summed E-state index contributed by atoms with van der Waals surface area (Å²) in [5, 5.41) is 11.9. The number of carboxylic acids is 1. The molecule has 0 saturated heterocycles. The Kier molecular flexibility index (Phi) is 4.43. The van der Waals surface area contributed by atoms with E-state index < -0.39 is 12.0 Å². The Morgan fingerprint density at radius 1 is 1.11 bits per heavy atom. The lowest BCUT2D eigenvalue weighted by Crippen LogP contribution is -2.45. The summed E-state index contributed by atoms with van der Waals surface area (Å²) in [5.41, 5.74) is 2.71. The van der Waals surface area contributed by atoms with Gasteiger partial charge in [0, 0.05) is 17.2 Å². The number of carbonyl (C=O) groups excluding carboxylic acids is 2. The first-order valence-corrected chi connectivity index (χ1v) is 9.34. The molecule has 0 bridgehead atoms. The molecule has 0 fully saturated rings. The molecule has 0 radical (unpaired) electrons. The smallest absolute Gasteiger partial charge is 0.335 e. The van der Waals surface area contributed by atoms with Crippen LogP contribution in [0.15, 0.2) is 64.3 Å². The van der Waals surface area contributed by atoms with Crippen molar-refractivity contribution < 1.29 is 19.5 Å². The summed E-state index contributed by atoms with van der Waals surface area (Å²) in [6.45, 7) is 0.248. The lowest BCUT2D eigenvalue weighted by atomic mass is 9.96. The van der Waals surface area contributed by atoms with E-state index in [1.807, 2.05) is 24.3 Å². The second kappa shape index (κ2) is 6.79. The number of nitrogens with zero attached hydrogens (tertiary/aromatic N) is 2. The van der Waals surface area contributed by atoms with E-state index >= 15 is 0 Å². The zero-order valence-electron chi connectivity index (χ0n) is 14.8. The topological polar surface area (TPSA) is 90.0 Å². The molecule has 0 aromatic heterocycles. The minimum atomic E-state index is -1.03. The molecule has 2 aliphatic rings. The van der Waals surface area contributed by atoms with Crippen molar-refractivity contribution in [3.05, 3.63) is 75.4 Å². The van der Waals surface area contributed by atoms with Crippen molar-refractivity contribution in [1.82, 2.24) is 10.2 Å². The molecular formula is C20H16BrN3O4. The zero-order valence-corrected chi connectivity index (χ0v) is 16.4. The van der Waals surface area contributed by atoms with Crippen LogP contribution in [-0.4, -0.2) is 41.5 Å². The lowest BCUT2D eigenvalue weighted by molar-refractivity contribution is -0.114. The molecule has 1 atom stereocenters. The van der Waals surface area contributed by atoms with E-state index in [-0.39, 0.29) is 24.0 Å². The van der Waals surface area contributed by atoms with Crippen molar-refractivity contribution >= 4 is 39.5 Å². The van der Waals surface area contributed by atoms with Gasteiger partial charge in [-0.05, 0) is 42.0 Å². The van der Waals surface area contributed by atoms with E-state index in [4.69, 9.17) is 5.11 Å². The number of carbonyl (C=O) groups is 3. The van der Waals surface area contributed by atoms with Crippen molar-refractivity contribution in [3.63, 3.8) is 0 Å². The van der Waals surface area contributed by atoms with Gasteiger partial charge in [-0.1, -0.05) is 28.1 Å². The number of benzene rings is 2. The maximum atomic E-state index is 13.2. The highest BCUT2D eigenvalue weighted by atomic mass is 79.9. The molecule has 0 spiro atoms. The summed E-state index contributed by atoms with van der Waals surface area (Å²) in [6, 6.07) is 12.8. The number of carboxylic acid groups (broad SMARTS) is 1. The SMILES string of the molecule is CN1C(=O)NC(c2ccc(Br)cc2)C2=C1CN(c1ccc(C(=O)O)cc1)C2=O. The van der Waals surface area contributed by atoms with E-state index in [2.05, 4.69) is 21.2 Å². The van der Waals surface area contributed by atoms with Crippen LogP contribution in [0.2, 0.25) is 0 Å². The molecule has 142 valence electrons. The summed E-state index contributed by atoms with van der Waals surface area (Å²) in [5.74, 6) is -1.24. The molecule has 2 N–H and O–H groups in total. The minimum Gasteiger partial charge on any atom is -0.478 e. The fourth-order valence-corrected chi connectivity index (χ4v) is 3.73. The van der Waals surface area contributed by atoms with Gasteiger partial charge in [0.1, 0.15) is 0 Å².